The van der Waals surface area contributed by atoms with Crippen molar-refractivity contribution in [2.45, 2.75) is 20.5 Å². The predicted octanol–water partition coefficient (Wildman–Crippen LogP) is 6.81. The van der Waals surface area contributed by atoms with Crippen molar-refractivity contribution in [3.05, 3.63) is 89.5 Å². The molecule has 168 valence electrons. The molecule has 6 heteroatoms. The Morgan fingerprint density at radius 3 is 2.48 bits per heavy atom. The van der Waals surface area contributed by atoms with Gasteiger partial charge in [0.1, 0.15) is 17.2 Å². The van der Waals surface area contributed by atoms with Crippen molar-refractivity contribution in [1.29, 1.82) is 0 Å². The van der Waals surface area contributed by atoms with E-state index in [4.69, 9.17) is 14.2 Å². The van der Waals surface area contributed by atoms with E-state index in [1.165, 1.54) is 11.3 Å². The summed E-state index contributed by atoms with van der Waals surface area (Å²) in [6.07, 6.45) is 1.73. The van der Waals surface area contributed by atoms with E-state index in [-0.39, 0.29) is 5.97 Å². The van der Waals surface area contributed by atoms with E-state index in [0.29, 0.717) is 41.9 Å². The highest BCUT2D eigenvalue weighted by Gasteiger charge is 2.19. The lowest BCUT2D eigenvalue weighted by atomic mass is 10.1. The van der Waals surface area contributed by atoms with Crippen LogP contribution in [0.4, 0.5) is 5.00 Å². The zero-order valence-electron chi connectivity index (χ0n) is 18.6. The van der Waals surface area contributed by atoms with E-state index in [1.54, 1.807) is 13.1 Å². The third-order valence-electron chi connectivity index (χ3n) is 4.89. The molecule has 1 heterocycles. The van der Waals surface area contributed by atoms with Crippen LogP contribution in [0.5, 0.6) is 11.5 Å². The maximum absolute atomic E-state index is 12.6. The average molecular weight is 460 g/mol. The number of nitrogens with zero attached hydrogens (tertiary/aromatic N) is 1. The maximum atomic E-state index is 12.6. The molecule has 33 heavy (non-hydrogen) atoms. The van der Waals surface area contributed by atoms with Gasteiger partial charge in [-0.2, -0.15) is 0 Å². The molecule has 5 nitrogen and oxygen atoms in total. The Labute approximate surface area is 197 Å². The van der Waals surface area contributed by atoms with Crippen molar-refractivity contribution in [2.24, 2.45) is 4.99 Å². The molecule has 0 spiro atoms. The van der Waals surface area contributed by atoms with Gasteiger partial charge in [-0.25, -0.2) is 9.79 Å². The van der Waals surface area contributed by atoms with Crippen LogP contribution in [0, 0.1) is 0 Å². The van der Waals surface area contributed by atoms with Crippen LogP contribution in [-0.4, -0.2) is 25.4 Å². The maximum Gasteiger partial charge on any atom is 0.341 e. The molecule has 0 radical (unpaired) electrons. The molecule has 0 atom stereocenters. The van der Waals surface area contributed by atoms with E-state index in [9.17, 15) is 4.79 Å². The summed E-state index contributed by atoms with van der Waals surface area (Å²) in [5.41, 5.74) is 2.43. The van der Waals surface area contributed by atoms with Crippen LogP contribution >= 0.6 is 11.3 Å². The zero-order chi connectivity index (χ0) is 23.0. The third kappa shape index (κ3) is 5.41. The fourth-order valence-corrected chi connectivity index (χ4v) is 4.42. The SMILES string of the molecule is CCOC(=O)c1c(N=Cc2ccc(OCc3ccccc3)c(OCC)c2)sc2ccccc12. The van der Waals surface area contributed by atoms with Crippen LogP contribution in [0.2, 0.25) is 0 Å². The lowest BCUT2D eigenvalue weighted by molar-refractivity contribution is 0.0530. The van der Waals surface area contributed by atoms with Crippen molar-refractivity contribution in [1.82, 2.24) is 0 Å². The Morgan fingerprint density at radius 2 is 1.70 bits per heavy atom. The van der Waals surface area contributed by atoms with Gasteiger partial charge in [0.05, 0.1) is 13.2 Å². The monoisotopic (exact) mass is 459 g/mol. The van der Waals surface area contributed by atoms with Crippen LogP contribution in [0.1, 0.15) is 35.3 Å². The third-order valence-corrected chi connectivity index (χ3v) is 5.97. The molecule has 4 rings (SSSR count). The van der Waals surface area contributed by atoms with Gasteiger partial charge in [-0.15, -0.1) is 11.3 Å². The summed E-state index contributed by atoms with van der Waals surface area (Å²) in [5.74, 6) is 0.966. The predicted molar refractivity (Wildman–Crippen MR) is 133 cm³/mol. The quantitative estimate of drug-likeness (QED) is 0.204. The number of aliphatic imine (C=N–C) groups is 1. The lowest BCUT2D eigenvalue weighted by Crippen LogP contribution is -2.04. The van der Waals surface area contributed by atoms with Gasteiger partial charge in [-0.05, 0) is 49.2 Å². The molecule has 0 amide bonds. The highest BCUT2D eigenvalue weighted by Crippen LogP contribution is 2.38. The standard InChI is InChI=1S/C27H25NO4S/c1-3-30-23-16-20(14-15-22(23)32-18-19-10-6-5-7-11-19)17-28-26-25(27(29)31-4-2)21-12-8-9-13-24(21)33-26/h5-17H,3-4,18H2,1-2H3. The van der Waals surface area contributed by atoms with Crippen LogP contribution in [0.15, 0.2) is 77.8 Å². The molecule has 0 aliphatic heterocycles. The highest BCUT2D eigenvalue weighted by atomic mass is 32.1. The number of ether oxygens (including phenoxy) is 3. The van der Waals surface area contributed by atoms with Gasteiger partial charge in [0.25, 0.3) is 0 Å². The van der Waals surface area contributed by atoms with Gasteiger partial charge < -0.3 is 14.2 Å². The normalized spacial score (nSPS) is 11.1. The first kappa shape index (κ1) is 22.6. The minimum Gasteiger partial charge on any atom is -0.490 e. The summed E-state index contributed by atoms with van der Waals surface area (Å²) in [7, 11) is 0. The Bertz CT molecular complexity index is 1260. The van der Waals surface area contributed by atoms with Gasteiger partial charge in [0.15, 0.2) is 11.5 Å². The largest absolute Gasteiger partial charge is 0.490 e. The van der Waals surface area contributed by atoms with Crippen molar-refractivity contribution >= 4 is 38.6 Å². The number of thiophene rings is 1. The molecule has 0 saturated carbocycles. The fourth-order valence-electron chi connectivity index (χ4n) is 3.38. The zero-order valence-corrected chi connectivity index (χ0v) is 19.4. The van der Waals surface area contributed by atoms with Gasteiger partial charge in [-0.3, -0.25) is 0 Å². The first-order valence-corrected chi connectivity index (χ1v) is 11.7. The Hall–Kier alpha value is -3.64. The Kier molecular flexibility index (Phi) is 7.37. The van der Waals surface area contributed by atoms with E-state index in [2.05, 4.69) is 4.99 Å². The number of hydrogen-bond acceptors (Lipinski definition) is 6. The van der Waals surface area contributed by atoms with Crippen molar-refractivity contribution < 1.29 is 19.0 Å². The number of carbonyl (C=O) groups is 1. The highest BCUT2D eigenvalue weighted by molar-refractivity contribution is 7.23. The first-order valence-electron chi connectivity index (χ1n) is 10.9. The second-order valence-corrected chi connectivity index (χ2v) is 8.20. The summed E-state index contributed by atoms with van der Waals surface area (Å²) in [4.78, 5) is 17.2. The minimum atomic E-state index is -0.359. The van der Waals surface area contributed by atoms with Crippen molar-refractivity contribution in [2.75, 3.05) is 13.2 Å². The summed E-state index contributed by atoms with van der Waals surface area (Å²) < 4.78 is 18.1. The number of fused-ring (bicyclic) bond motifs is 1. The molecule has 3 aromatic carbocycles. The lowest BCUT2D eigenvalue weighted by Gasteiger charge is -2.12. The molecule has 0 fully saturated rings. The number of esters is 1. The number of benzene rings is 3. The molecular weight excluding hydrogens is 434 g/mol. The van der Waals surface area contributed by atoms with Crippen molar-refractivity contribution in [3.8, 4) is 11.5 Å². The van der Waals surface area contributed by atoms with Crippen LogP contribution in [0.25, 0.3) is 10.1 Å². The number of rotatable bonds is 9. The van der Waals surface area contributed by atoms with Gasteiger partial charge in [-0.1, -0.05) is 48.5 Å². The van der Waals surface area contributed by atoms with E-state index in [0.717, 1.165) is 21.2 Å². The molecule has 1 aromatic heterocycles. The molecule has 0 bridgehead atoms. The topological polar surface area (TPSA) is 57.1 Å². The van der Waals surface area contributed by atoms with Gasteiger partial charge >= 0.3 is 5.97 Å². The second-order valence-electron chi connectivity index (χ2n) is 7.17. The summed E-state index contributed by atoms with van der Waals surface area (Å²) >= 11 is 1.47. The Balaban J connectivity index is 1.60. The van der Waals surface area contributed by atoms with Gasteiger partial charge in [0.2, 0.25) is 0 Å². The fraction of sp³-hybridized carbons (Fsp3) is 0.185. The summed E-state index contributed by atoms with van der Waals surface area (Å²) in [6.45, 7) is 5.02. The summed E-state index contributed by atoms with van der Waals surface area (Å²) in [5, 5.41) is 1.48. The first-order chi connectivity index (χ1) is 16.2. The van der Waals surface area contributed by atoms with E-state index < -0.39 is 0 Å². The number of carbonyl (C=O) groups excluding carboxylic acids is 1. The van der Waals surface area contributed by atoms with Crippen LogP contribution in [-0.2, 0) is 11.3 Å². The molecule has 0 unspecified atom stereocenters. The van der Waals surface area contributed by atoms with E-state index >= 15 is 0 Å². The van der Waals surface area contributed by atoms with E-state index in [1.807, 2.05) is 79.7 Å². The number of hydrogen-bond donors (Lipinski definition) is 0. The van der Waals surface area contributed by atoms with Crippen molar-refractivity contribution in [3.63, 3.8) is 0 Å². The summed E-state index contributed by atoms with van der Waals surface area (Å²) in [6, 6.07) is 23.4. The molecule has 0 aliphatic rings. The molecule has 0 aliphatic carbocycles. The smallest absolute Gasteiger partial charge is 0.341 e. The second kappa shape index (κ2) is 10.8. The molecule has 0 saturated heterocycles. The van der Waals surface area contributed by atoms with Crippen LogP contribution < -0.4 is 9.47 Å². The molecular formula is C27H25NO4S. The van der Waals surface area contributed by atoms with Crippen LogP contribution in [0.3, 0.4) is 0 Å². The average Bonchev–Trinajstić information content (AvgIpc) is 3.22. The molecule has 4 aromatic rings. The Morgan fingerprint density at radius 1 is 0.909 bits per heavy atom. The minimum absolute atomic E-state index is 0.314. The molecule has 0 N–H and O–H groups in total. The van der Waals surface area contributed by atoms with Gasteiger partial charge in [0, 0.05) is 16.3 Å².